The first-order valence-corrected chi connectivity index (χ1v) is 8.70. The largest absolute Gasteiger partial charge is 0.493 e. The zero-order valence-electron chi connectivity index (χ0n) is 13.6. The molecule has 0 spiro atoms. The number of methoxy groups -OCH3 is 2. The fourth-order valence-electron chi connectivity index (χ4n) is 4.04. The van der Waals surface area contributed by atoms with Gasteiger partial charge in [0.1, 0.15) is 0 Å². The predicted molar refractivity (Wildman–Crippen MR) is 95.5 cm³/mol. The topological polar surface area (TPSA) is 21.7 Å². The van der Waals surface area contributed by atoms with Crippen LogP contribution in [0.4, 0.5) is 0 Å². The lowest BCUT2D eigenvalue weighted by Gasteiger charge is -2.40. The molecule has 0 amide bonds. The molecular weight excluding hydrogens is 354 g/mol. The quantitative estimate of drug-likeness (QED) is 0.786. The van der Waals surface area contributed by atoms with Gasteiger partial charge in [0.25, 0.3) is 0 Å². The smallest absolute Gasteiger partial charge is 0.168 e. The van der Waals surface area contributed by atoms with E-state index in [1.54, 1.807) is 14.2 Å². The molecule has 0 saturated carbocycles. The van der Waals surface area contributed by atoms with Crippen molar-refractivity contribution in [1.29, 1.82) is 0 Å². The SMILES string of the molecule is COc1ccc2c(c1OC)-c1c(Br)ccc3c1[C@@H](C2)N(C)CC3. The molecule has 1 heterocycles. The van der Waals surface area contributed by atoms with Crippen LogP contribution in [0.25, 0.3) is 11.1 Å². The zero-order chi connectivity index (χ0) is 16.1. The highest BCUT2D eigenvalue weighted by atomic mass is 79.9. The molecule has 1 aliphatic carbocycles. The molecule has 2 aromatic rings. The van der Waals surface area contributed by atoms with Gasteiger partial charge >= 0.3 is 0 Å². The summed E-state index contributed by atoms with van der Waals surface area (Å²) in [5.74, 6) is 1.63. The third-order valence-electron chi connectivity index (χ3n) is 5.18. The first kappa shape index (κ1) is 15.0. The number of rotatable bonds is 2. The highest BCUT2D eigenvalue weighted by molar-refractivity contribution is 9.10. The second-order valence-electron chi connectivity index (χ2n) is 6.28. The normalized spacial score (nSPS) is 19.0. The van der Waals surface area contributed by atoms with Crippen LogP contribution in [0.1, 0.15) is 22.7 Å². The van der Waals surface area contributed by atoms with Gasteiger partial charge in [-0.15, -0.1) is 0 Å². The van der Waals surface area contributed by atoms with Gasteiger partial charge in [-0.25, -0.2) is 0 Å². The van der Waals surface area contributed by atoms with E-state index >= 15 is 0 Å². The second kappa shape index (κ2) is 5.53. The summed E-state index contributed by atoms with van der Waals surface area (Å²) in [5, 5.41) is 0. The molecule has 4 rings (SSSR count). The van der Waals surface area contributed by atoms with E-state index in [0.29, 0.717) is 6.04 Å². The van der Waals surface area contributed by atoms with Crippen LogP contribution in [0.5, 0.6) is 11.5 Å². The molecule has 0 unspecified atom stereocenters. The van der Waals surface area contributed by atoms with E-state index in [4.69, 9.17) is 9.47 Å². The summed E-state index contributed by atoms with van der Waals surface area (Å²) in [7, 11) is 5.64. The van der Waals surface area contributed by atoms with E-state index in [1.807, 2.05) is 6.07 Å². The van der Waals surface area contributed by atoms with Crippen LogP contribution < -0.4 is 9.47 Å². The minimum Gasteiger partial charge on any atom is -0.493 e. The van der Waals surface area contributed by atoms with Gasteiger partial charge in [-0.3, -0.25) is 4.90 Å². The van der Waals surface area contributed by atoms with Crippen molar-refractivity contribution in [3.8, 4) is 22.6 Å². The number of ether oxygens (including phenoxy) is 2. The Labute approximate surface area is 145 Å². The molecule has 0 bridgehead atoms. The van der Waals surface area contributed by atoms with Crippen molar-refractivity contribution < 1.29 is 9.47 Å². The Balaban J connectivity index is 2.07. The standard InChI is InChI=1S/C19H20BrNO2/c1-21-9-8-11-4-6-13(20)18-16(11)14(21)10-12-5-7-15(22-2)19(23-3)17(12)18/h4-7,14H,8-10H2,1-3H3/t14-/m1/s1. The first-order chi connectivity index (χ1) is 11.2. The maximum Gasteiger partial charge on any atom is 0.168 e. The maximum atomic E-state index is 5.74. The fourth-order valence-corrected chi connectivity index (χ4v) is 4.58. The minimum atomic E-state index is 0.442. The van der Waals surface area contributed by atoms with Crippen molar-refractivity contribution in [1.82, 2.24) is 4.90 Å². The second-order valence-corrected chi connectivity index (χ2v) is 7.14. The monoisotopic (exact) mass is 373 g/mol. The van der Waals surface area contributed by atoms with Crippen molar-refractivity contribution in [2.24, 2.45) is 0 Å². The Bertz CT molecular complexity index is 787. The number of benzene rings is 2. The lowest BCUT2D eigenvalue weighted by molar-refractivity contribution is 0.227. The third-order valence-corrected chi connectivity index (χ3v) is 5.84. The molecular formula is C19H20BrNO2. The molecule has 0 fully saturated rings. The molecule has 0 N–H and O–H groups in total. The Morgan fingerprint density at radius 2 is 1.83 bits per heavy atom. The van der Waals surface area contributed by atoms with Gasteiger partial charge in [0.2, 0.25) is 0 Å². The van der Waals surface area contributed by atoms with Crippen molar-refractivity contribution >= 4 is 15.9 Å². The summed E-state index contributed by atoms with van der Waals surface area (Å²) in [5.41, 5.74) is 6.69. The van der Waals surface area contributed by atoms with E-state index in [1.165, 1.54) is 27.8 Å². The minimum absolute atomic E-state index is 0.442. The first-order valence-electron chi connectivity index (χ1n) is 7.91. The van der Waals surface area contributed by atoms with Crippen LogP contribution in [0.3, 0.4) is 0 Å². The Hall–Kier alpha value is -1.52. The van der Waals surface area contributed by atoms with E-state index in [-0.39, 0.29) is 0 Å². The van der Waals surface area contributed by atoms with Gasteiger partial charge in [-0.2, -0.15) is 0 Å². The van der Waals surface area contributed by atoms with Gasteiger partial charge in [0, 0.05) is 28.2 Å². The lowest BCUT2D eigenvalue weighted by Crippen LogP contribution is -2.35. The predicted octanol–water partition coefficient (Wildman–Crippen LogP) is 4.22. The van der Waals surface area contributed by atoms with Gasteiger partial charge in [-0.1, -0.05) is 28.1 Å². The molecule has 0 aromatic heterocycles. The summed E-state index contributed by atoms with van der Waals surface area (Å²) in [6.07, 6.45) is 2.12. The highest BCUT2D eigenvalue weighted by Crippen LogP contribution is 2.52. The lowest BCUT2D eigenvalue weighted by atomic mass is 9.77. The number of nitrogens with zero attached hydrogens (tertiary/aromatic N) is 1. The van der Waals surface area contributed by atoms with E-state index in [0.717, 1.165) is 35.4 Å². The summed E-state index contributed by atoms with van der Waals surface area (Å²) >= 11 is 3.78. The van der Waals surface area contributed by atoms with Crippen LogP contribution in [0.2, 0.25) is 0 Å². The average molecular weight is 374 g/mol. The van der Waals surface area contributed by atoms with E-state index in [9.17, 15) is 0 Å². The average Bonchev–Trinajstić information content (AvgIpc) is 2.58. The molecule has 1 atom stereocenters. The zero-order valence-corrected chi connectivity index (χ0v) is 15.2. The fraction of sp³-hybridized carbons (Fsp3) is 0.368. The molecule has 120 valence electrons. The van der Waals surface area contributed by atoms with Crippen molar-refractivity contribution in [3.63, 3.8) is 0 Å². The van der Waals surface area contributed by atoms with Gasteiger partial charge < -0.3 is 9.47 Å². The van der Waals surface area contributed by atoms with Crippen molar-refractivity contribution in [3.05, 3.63) is 45.4 Å². The Morgan fingerprint density at radius 1 is 1.04 bits per heavy atom. The molecule has 4 heteroatoms. The molecule has 0 radical (unpaired) electrons. The van der Waals surface area contributed by atoms with Crippen LogP contribution in [0.15, 0.2) is 28.7 Å². The molecule has 2 aromatic carbocycles. The van der Waals surface area contributed by atoms with Gasteiger partial charge in [0.05, 0.1) is 14.2 Å². The number of fused-ring (bicyclic) bond motifs is 2. The van der Waals surface area contributed by atoms with Crippen LogP contribution in [-0.4, -0.2) is 32.7 Å². The molecule has 23 heavy (non-hydrogen) atoms. The number of hydrogen-bond acceptors (Lipinski definition) is 3. The molecule has 0 saturated heterocycles. The van der Waals surface area contributed by atoms with Crippen molar-refractivity contribution in [2.45, 2.75) is 18.9 Å². The number of halogens is 1. The molecule has 2 aliphatic rings. The van der Waals surface area contributed by atoms with Crippen molar-refractivity contribution in [2.75, 3.05) is 27.8 Å². The number of likely N-dealkylation sites (N-methyl/N-ethyl adjacent to an activating group) is 1. The Morgan fingerprint density at radius 3 is 2.57 bits per heavy atom. The summed E-state index contributed by atoms with van der Waals surface area (Å²) in [6.45, 7) is 1.11. The molecule has 1 aliphatic heterocycles. The maximum absolute atomic E-state index is 5.74. The highest BCUT2D eigenvalue weighted by Gasteiger charge is 2.35. The third kappa shape index (κ3) is 2.12. The van der Waals surface area contributed by atoms with Crippen LogP contribution in [-0.2, 0) is 12.8 Å². The number of hydrogen-bond donors (Lipinski definition) is 0. The molecule has 3 nitrogen and oxygen atoms in total. The summed E-state index contributed by atoms with van der Waals surface area (Å²) in [4.78, 5) is 2.47. The summed E-state index contributed by atoms with van der Waals surface area (Å²) in [6, 6.07) is 9.08. The van der Waals surface area contributed by atoms with Gasteiger partial charge in [-0.05, 0) is 48.7 Å². The van der Waals surface area contributed by atoms with E-state index < -0.39 is 0 Å². The van der Waals surface area contributed by atoms with E-state index in [2.05, 4.69) is 46.1 Å². The van der Waals surface area contributed by atoms with Crippen LogP contribution >= 0.6 is 15.9 Å². The van der Waals surface area contributed by atoms with Crippen LogP contribution in [0, 0.1) is 0 Å². The Kier molecular flexibility index (Phi) is 3.62. The van der Waals surface area contributed by atoms with Gasteiger partial charge in [0.15, 0.2) is 11.5 Å². The summed E-state index contributed by atoms with van der Waals surface area (Å²) < 4.78 is 12.4.